The van der Waals surface area contributed by atoms with Crippen molar-refractivity contribution < 1.29 is 0 Å². The molecule has 3 aromatic rings. The van der Waals surface area contributed by atoms with Crippen molar-refractivity contribution in [1.29, 1.82) is 0 Å². The van der Waals surface area contributed by atoms with E-state index in [0.29, 0.717) is 6.54 Å². The molecule has 82 valence electrons. The SMILES string of the molecule is C(#Cc1nccc2sccc12)Cn1cccn1. The molecule has 0 aliphatic heterocycles. The van der Waals surface area contributed by atoms with Crippen LogP contribution in [0.1, 0.15) is 5.69 Å². The van der Waals surface area contributed by atoms with E-state index >= 15 is 0 Å². The van der Waals surface area contributed by atoms with Gasteiger partial charge in [-0.15, -0.1) is 11.3 Å². The molecule has 0 saturated carbocycles. The second kappa shape index (κ2) is 4.40. The van der Waals surface area contributed by atoms with Gasteiger partial charge in [0.25, 0.3) is 0 Å². The van der Waals surface area contributed by atoms with Crippen LogP contribution in [-0.4, -0.2) is 14.8 Å². The number of thiophene rings is 1. The van der Waals surface area contributed by atoms with Gasteiger partial charge in [-0.25, -0.2) is 4.98 Å². The van der Waals surface area contributed by atoms with Gasteiger partial charge in [0.1, 0.15) is 12.2 Å². The number of fused-ring (bicyclic) bond motifs is 1. The average Bonchev–Trinajstić information content (AvgIpc) is 2.99. The molecule has 0 bridgehead atoms. The molecule has 0 N–H and O–H groups in total. The first kappa shape index (κ1) is 10.1. The molecule has 0 atom stereocenters. The van der Waals surface area contributed by atoms with E-state index in [1.807, 2.05) is 18.3 Å². The minimum Gasteiger partial charge on any atom is -0.261 e. The number of nitrogens with zero attached hydrogens (tertiary/aromatic N) is 3. The summed E-state index contributed by atoms with van der Waals surface area (Å²) in [6.07, 6.45) is 5.45. The minimum atomic E-state index is 0.592. The van der Waals surface area contributed by atoms with Crippen LogP contribution in [-0.2, 0) is 6.54 Å². The highest BCUT2D eigenvalue weighted by molar-refractivity contribution is 7.17. The number of hydrogen-bond donors (Lipinski definition) is 0. The van der Waals surface area contributed by atoms with Crippen LogP contribution in [0.4, 0.5) is 0 Å². The van der Waals surface area contributed by atoms with Crippen molar-refractivity contribution in [2.75, 3.05) is 0 Å². The lowest BCUT2D eigenvalue weighted by Gasteiger charge is -1.93. The van der Waals surface area contributed by atoms with Crippen LogP contribution in [0, 0.1) is 11.8 Å². The molecule has 3 aromatic heterocycles. The molecule has 0 radical (unpaired) electrons. The van der Waals surface area contributed by atoms with Gasteiger partial charge in [-0.1, -0.05) is 5.92 Å². The molecule has 0 spiro atoms. The van der Waals surface area contributed by atoms with Gasteiger partial charge in [0.15, 0.2) is 0 Å². The summed E-state index contributed by atoms with van der Waals surface area (Å²) in [5.74, 6) is 6.18. The molecule has 0 aliphatic rings. The third-order valence-corrected chi connectivity index (χ3v) is 3.27. The van der Waals surface area contributed by atoms with Gasteiger partial charge in [0.2, 0.25) is 0 Å². The zero-order valence-electron chi connectivity index (χ0n) is 9.00. The summed E-state index contributed by atoms with van der Waals surface area (Å²) in [4.78, 5) is 4.30. The zero-order chi connectivity index (χ0) is 11.5. The summed E-state index contributed by atoms with van der Waals surface area (Å²) in [5, 5.41) is 7.29. The second-order valence-corrected chi connectivity index (χ2v) is 4.45. The van der Waals surface area contributed by atoms with E-state index in [-0.39, 0.29) is 0 Å². The molecule has 3 heterocycles. The maximum absolute atomic E-state index is 4.30. The van der Waals surface area contributed by atoms with Crippen LogP contribution < -0.4 is 0 Å². The lowest BCUT2D eigenvalue weighted by molar-refractivity contribution is 0.715. The normalized spacial score (nSPS) is 10.1. The highest BCUT2D eigenvalue weighted by atomic mass is 32.1. The molecular formula is C13H9N3S. The molecule has 0 saturated heterocycles. The topological polar surface area (TPSA) is 30.7 Å². The summed E-state index contributed by atoms with van der Waals surface area (Å²) >= 11 is 1.71. The van der Waals surface area contributed by atoms with Crippen molar-refractivity contribution in [2.45, 2.75) is 6.54 Å². The van der Waals surface area contributed by atoms with Crippen molar-refractivity contribution in [2.24, 2.45) is 0 Å². The standard InChI is InChI=1S/C13H9N3S/c1(8-16-9-2-6-15-16)3-12-11-5-10-17-13(11)4-7-14-12/h2,4-7,9-10H,8H2. The molecule has 4 heteroatoms. The van der Waals surface area contributed by atoms with E-state index in [4.69, 9.17) is 0 Å². The van der Waals surface area contributed by atoms with Gasteiger partial charge in [-0.05, 0) is 29.5 Å². The van der Waals surface area contributed by atoms with E-state index in [2.05, 4.69) is 33.4 Å². The van der Waals surface area contributed by atoms with E-state index in [1.165, 1.54) is 4.70 Å². The maximum Gasteiger partial charge on any atom is 0.121 e. The molecule has 17 heavy (non-hydrogen) atoms. The summed E-state index contributed by atoms with van der Waals surface area (Å²) < 4.78 is 3.02. The van der Waals surface area contributed by atoms with Crippen molar-refractivity contribution in [3.8, 4) is 11.8 Å². The average molecular weight is 239 g/mol. The first-order valence-corrected chi connectivity index (χ1v) is 6.10. The molecular weight excluding hydrogens is 230 g/mol. The lowest BCUT2D eigenvalue weighted by Crippen LogP contribution is -1.95. The van der Waals surface area contributed by atoms with Gasteiger partial charge in [0, 0.05) is 28.7 Å². The number of rotatable bonds is 1. The fourth-order valence-electron chi connectivity index (χ4n) is 1.59. The Bertz CT molecular complexity index is 686. The quantitative estimate of drug-likeness (QED) is 0.611. The third-order valence-electron chi connectivity index (χ3n) is 2.39. The van der Waals surface area contributed by atoms with Gasteiger partial charge in [-0.2, -0.15) is 5.10 Å². The van der Waals surface area contributed by atoms with Gasteiger partial charge < -0.3 is 0 Å². The molecule has 0 amide bonds. The Morgan fingerprint density at radius 1 is 1.29 bits per heavy atom. The molecule has 3 rings (SSSR count). The highest BCUT2D eigenvalue weighted by Crippen LogP contribution is 2.21. The molecule has 0 fully saturated rings. The van der Waals surface area contributed by atoms with Crippen molar-refractivity contribution >= 4 is 21.4 Å². The fourth-order valence-corrected chi connectivity index (χ4v) is 2.37. The maximum atomic E-state index is 4.30. The van der Waals surface area contributed by atoms with Crippen molar-refractivity contribution in [3.05, 3.63) is 47.9 Å². The second-order valence-electron chi connectivity index (χ2n) is 3.50. The van der Waals surface area contributed by atoms with Crippen molar-refractivity contribution in [3.63, 3.8) is 0 Å². The predicted molar refractivity (Wildman–Crippen MR) is 68.7 cm³/mol. The van der Waals surface area contributed by atoms with Crippen LogP contribution in [0.25, 0.3) is 10.1 Å². The fraction of sp³-hybridized carbons (Fsp3) is 0.0769. The summed E-state index contributed by atoms with van der Waals surface area (Å²) in [6.45, 7) is 0.592. The van der Waals surface area contributed by atoms with Gasteiger partial charge in [-0.3, -0.25) is 4.68 Å². The third kappa shape index (κ3) is 2.05. The molecule has 3 nitrogen and oxygen atoms in total. The number of pyridine rings is 1. The van der Waals surface area contributed by atoms with Crippen LogP contribution >= 0.6 is 11.3 Å². The monoisotopic (exact) mass is 239 g/mol. The Labute approximate surface area is 103 Å². The smallest absolute Gasteiger partial charge is 0.121 e. The largest absolute Gasteiger partial charge is 0.261 e. The van der Waals surface area contributed by atoms with E-state index in [9.17, 15) is 0 Å². The first-order valence-electron chi connectivity index (χ1n) is 5.22. The van der Waals surface area contributed by atoms with E-state index in [1.54, 1.807) is 28.4 Å². The highest BCUT2D eigenvalue weighted by Gasteiger charge is 1.99. The summed E-state index contributed by atoms with van der Waals surface area (Å²) in [5.41, 5.74) is 0.843. The number of aromatic nitrogens is 3. The van der Waals surface area contributed by atoms with Crippen LogP contribution in [0.15, 0.2) is 42.2 Å². The Kier molecular flexibility index (Phi) is 2.60. The van der Waals surface area contributed by atoms with E-state index in [0.717, 1.165) is 11.1 Å². The number of hydrogen-bond acceptors (Lipinski definition) is 3. The first-order chi connectivity index (χ1) is 8.43. The molecule has 0 aliphatic carbocycles. The van der Waals surface area contributed by atoms with Crippen LogP contribution in [0.5, 0.6) is 0 Å². The zero-order valence-corrected chi connectivity index (χ0v) is 9.81. The Morgan fingerprint density at radius 3 is 3.18 bits per heavy atom. The Morgan fingerprint density at radius 2 is 2.29 bits per heavy atom. The van der Waals surface area contributed by atoms with Gasteiger partial charge in [0.05, 0.1) is 0 Å². The Balaban J connectivity index is 1.90. The van der Waals surface area contributed by atoms with Crippen LogP contribution in [0.3, 0.4) is 0 Å². The Hall–Kier alpha value is -2.12. The van der Waals surface area contributed by atoms with E-state index < -0.39 is 0 Å². The van der Waals surface area contributed by atoms with Gasteiger partial charge >= 0.3 is 0 Å². The summed E-state index contributed by atoms with van der Waals surface area (Å²) in [6, 6.07) is 5.96. The van der Waals surface area contributed by atoms with Crippen molar-refractivity contribution in [1.82, 2.24) is 14.8 Å². The van der Waals surface area contributed by atoms with Crippen LogP contribution in [0.2, 0.25) is 0 Å². The predicted octanol–water partition coefficient (Wildman–Crippen LogP) is 2.54. The molecule has 0 unspecified atom stereocenters. The lowest BCUT2D eigenvalue weighted by atomic mass is 10.2. The molecule has 0 aromatic carbocycles. The minimum absolute atomic E-state index is 0.592. The summed E-state index contributed by atoms with van der Waals surface area (Å²) in [7, 11) is 0.